The Kier molecular flexibility index (Phi) is 4.51. The topological polar surface area (TPSA) is 74.8 Å². The number of thioether (sulfide) groups is 1. The molecule has 2 rings (SSSR count). The summed E-state index contributed by atoms with van der Waals surface area (Å²) in [6, 6.07) is 6.36. The maximum atomic E-state index is 12.0. The van der Waals surface area contributed by atoms with Crippen molar-refractivity contribution in [2.24, 2.45) is 0 Å². The molecule has 0 aliphatic rings. The zero-order valence-electron chi connectivity index (χ0n) is 10.5. The maximum Gasteiger partial charge on any atom is 0.441 e. The minimum Gasteiger partial charge on any atom is -0.350 e. The monoisotopic (exact) mass is 317 g/mol. The summed E-state index contributed by atoms with van der Waals surface area (Å²) in [5, 5.41) is 8.82. The van der Waals surface area contributed by atoms with Crippen LogP contribution < -0.4 is 10.9 Å². The molecule has 0 fully saturated rings. The Balaban J connectivity index is 2.10. The van der Waals surface area contributed by atoms with Crippen LogP contribution in [0.1, 0.15) is 10.5 Å². The van der Waals surface area contributed by atoms with Crippen molar-refractivity contribution < 1.29 is 18.0 Å². The van der Waals surface area contributed by atoms with Crippen molar-refractivity contribution in [2.45, 2.75) is 5.51 Å². The normalized spacial score (nSPS) is 11.6. The Morgan fingerprint density at radius 2 is 1.95 bits per heavy atom. The molecule has 21 heavy (non-hydrogen) atoms. The summed E-state index contributed by atoms with van der Waals surface area (Å²) in [6.07, 6.45) is 0. The lowest BCUT2D eigenvalue weighted by Gasteiger charge is -2.08. The Bertz CT molecular complexity index is 715. The molecule has 1 aromatic carbocycles. The number of rotatable bonds is 4. The van der Waals surface area contributed by atoms with E-state index in [1.807, 2.05) is 0 Å². The first-order valence-corrected chi connectivity index (χ1v) is 6.83. The molecule has 0 saturated carbocycles. The van der Waals surface area contributed by atoms with Crippen LogP contribution in [0.3, 0.4) is 0 Å². The van der Waals surface area contributed by atoms with Gasteiger partial charge in [-0.15, -0.1) is 0 Å². The number of nitrogens with zero attached hydrogens (tertiary/aromatic N) is 1. The number of aromatic amines is 1. The zero-order chi connectivity index (χ0) is 15.5. The third-order valence-electron chi connectivity index (χ3n) is 2.56. The van der Waals surface area contributed by atoms with Crippen molar-refractivity contribution in [3.05, 3.63) is 40.3 Å². The Hall–Kier alpha value is -2.03. The van der Waals surface area contributed by atoms with Gasteiger partial charge >= 0.3 is 5.51 Å². The average Bonchev–Trinajstić information content (AvgIpc) is 2.43. The lowest BCUT2D eigenvalue weighted by molar-refractivity contribution is -0.0327. The van der Waals surface area contributed by atoms with Gasteiger partial charge in [-0.25, -0.2) is 5.10 Å². The highest BCUT2D eigenvalue weighted by atomic mass is 32.2. The van der Waals surface area contributed by atoms with Crippen LogP contribution in [0.5, 0.6) is 0 Å². The first-order valence-electron chi connectivity index (χ1n) is 5.85. The van der Waals surface area contributed by atoms with Crippen LogP contribution in [0, 0.1) is 0 Å². The summed E-state index contributed by atoms with van der Waals surface area (Å²) >= 11 is -0.216. The Morgan fingerprint density at radius 1 is 1.29 bits per heavy atom. The number of carbonyl (C=O) groups excluding carboxylic acids is 1. The van der Waals surface area contributed by atoms with Gasteiger partial charge in [0.25, 0.3) is 11.5 Å². The van der Waals surface area contributed by atoms with Crippen molar-refractivity contribution in [3.63, 3.8) is 0 Å². The molecule has 0 radical (unpaired) electrons. The first kappa shape index (κ1) is 15.4. The number of hydrogen-bond donors (Lipinski definition) is 2. The van der Waals surface area contributed by atoms with E-state index in [1.165, 1.54) is 6.07 Å². The second-order valence-electron chi connectivity index (χ2n) is 4.00. The molecule has 0 bridgehead atoms. The van der Waals surface area contributed by atoms with Gasteiger partial charge in [0, 0.05) is 17.7 Å². The Morgan fingerprint density at radius 3 is 2.62 bits per heavy atom. The molecular formula is C12H10F3N3O2S. The number of halogens is 3. The number of H-pyrrole nitrogens is 1. The maximum absolute atomic E-state index is 12.0. The molecule has 0 spiro atoms. The Labute approximate surface area is 120 Å². The fourth-order valence-corrected chi connectivity index (χ4v) is 2.14. The molecule has 2 aromatic rings. The lowest BCUT2D eigenvalue weighted by Crippen LogP contribution is -2.28. The van der Waals surface area contributed by atoms with E-state index in [2.05, 4.69) is 15.5 Å². The van der Waals surface area contributed by atoms with Crippen LogP contribution >= 0.6 is 11.8 Å². The molecule has 0 atom stereocenters. The van der Waals surface area contributed by atoms with Gasteiger partial charge in [0.1, 0.15) is 0 Å². The van der Waals surface area contributed by atoms with E-state index in [0.29, 0.717) is 10.8 Å². The van der Waals surface area contributed by atoms with Crippen molar-refractivity contribution in [3.8, 4) is 0 Å². The van der Waals surface area contributed by atoms with Gasteiger partial charge in [-0.3, -0.25) is 9.59 Å². The highest BCUT2D eigenvalue weighted by Crippen LogP contribution is 2.29. The van der Waals surface area contributed by atoms with Gasteiger partial charge in [-0.05, 0) is 17.8 Å². The summed E-state index contributed by atoms with van der Waals surface area (Å²) in [5.41, 5.74) is -4.79. The largest absolute Gasteiger partial charge is 0.441 e. The van der Waals surface area contributed by atoms with Crippen LogP contribution in [0.4, 0.5) is 13.2 Å². The first-order chi connectivity index (χ1) is 9.88. The molecule has 1 heterocycles. The quantitative estimate of drug-likeness (QED) is 0.845. The lowest BCUT2D eigenvalue weighted by atomic mass is 10.1. The van der Waals surface area contributed by atoms with E-state index in [4.69, 9.17) is 0 Å². The zero-order valence-corrected chi connectivity index (χ0v) is 11.3. The predicted molar refractivity (Wildman–Crippen MR) is 73.2 cm³/mol. The number of aromatic nitrogens is 2. The highest BCUT2D eigenvalue weighted by Gasteiger charge is 2.27. The van der Waals surface area contributed by atoms with E-state index in [-0.39, 0.29) is 29.8 Å². The second-order valence-corrected chi connectivity index (χ2v) is 5.16. The minimum absolute atomic E-state index is 0.0257. The molecule has 0 aliphatic carbocycles. The smallest absolute Gasteiger partial charge is 0.350 e. The van der Waals surface area contributed by atoms with Crippen LogP contribution in [0.25, 0.3) is 10.8 Å². The van der Waals surface area contributed by atoms with Crippen LogP contribution in [-0.2, 0) is 0 Å². The molecule has 1 aromatic heterocycles. The van der Waals surface area contributed by atoms with Crippen molar-refractivity contribution >= 4 is 28.4 Å². The fourth-order valence-electron chi connectivity index (χ4n) is 1.70. The number of hydrogen-bond acceptors (Lipinski definition) is 4. The molecular weight excluding hydrogens is 307 g/mol. The van der Waals surface area contributed by atoms with Gasteiger partial charge in [0.2, 0.25) is 0 Å². The van der Waals surface area contributed by atoms with Gasteiger partial charge in [-0.2, -0.15) is 18.3 Å². The molecule has 1 amide bonds. The summed E-state index contributed by atoms with van der Waals surface area (Å²) in [6.45, 7) is -0.155. The summed E-state index contributed by atoms with van der Waals surface area (Å²) in [5.74, 6) is -0.929. The highest BCUT2D eigenvalue weighted by molar-refractivity contribution is 8.00. The number of nitrogens with one attached hydrogen (secondary N) is 2. The molecule has 0 saturated heterocycles. The number of fused-ring (bicyclic) bond motifs is 1. The summed E-state index contributed by atoms with van der Waals surface area (Å²) < 4.78 is 35.9. The number of amides is 1. The van der Waals surface area contributed by atoms with Crippen molar-refractivity contribution in [1.82, 2.24) is 15.5 Å². The van der Waals surface area contributed by atoms with Crippen LogP contribution in [0.2, 0.25) is 0 Å². The standard InChI is InChI=1S/C12H10F3N3O2S/c13-12(14,15)21-6-5-16-11(20)9-7-3-1-2-4-8(7)10(19)18-17-9/h1-4H,5-6H2,(H,16,20)(H,18,19). The van der Waals surface area contributed by atoms with Gasteiger partial charge in [0.05, 0.1) is 5.39 Å². The van der Waals surface area contributed by atoms with Gasteiger partial charge in [0.15, 0.2) is 5.69 Å². The third-order valence-corrected chi connectivity index (χ3v) is 3.30. The molecule has 2 N–H and O–H groups in total. The van der Waals surface area contributed by atoms with Gasteiger partial charge in [-0.1, -0.05) is 18.2 Å². The minimum atomic E-state index is -4.33. The van der Waals surface area contributed by atoms with E-state index < -0.39 is 17.0 Å². The van der Waals surface area contributed by atoms with Crippen LogP contribution in [-0.4, -0.2) is 33.9 Å². The van der Waals surface area contributed by atoms with E-state index in [9.17, 15) is 22.8 Å². The fraction of sp³-hybridized carbons (Fsp3) is 0.250. The third kappa shape index (κ3) is 3.97. The molecule has 0 unspecified atom stereocenters. The average molecular weight is 317 g/mol. The summed E-state index contributed by atoms with van der Waals surface area (Å²) in [4.78, 5) is 23.5. The van der Waals surface area contributed by atoms with Crippen molar-refractivity contribution in [1.29, 1.82) is 0 Å². The molecule has 5 nitrogen and oxygen atoms in total. The number of carbonyl (C=O) groups is 1. The number of alkyl halides is 3. The van der Waals surface area contributed by atoms with E-state index in [1.54, 1.807) is 18.2 Å². The predicted octanol–water partition coefficient (Wildman–Crippen LogP) is 1.91. The van der Waals surface area contributed by atoms with Crippen LogP contribution in [0.15, 0.2) is 29.1 Å². The number of benzene rings is 1. The summed E-state index contributed by atoms with van der Waals surface area (Å²) in [7, 11) is 0. The molecule has 9 heteroatoms. The van der Waals surface area contributed by atoms with E-state index in [0.717, 1.165) is 0 Å². The van der Waals surface area contributed by atoms with E-state index >= 15 is 0 Å². The molecule has 0 aliphatic heterocycles. The SMILES string of the molecule is O=C(NCCSC(F)(F)F)c1n[nH]c(=O)c2ccccc12. The second kappa shape index (κ2) is 6.17. The van der Waals surface area contributed by atoms with Gasteiger partial charge < -0.3 is 5.32 Å². The molecule has 112 valence electrons. The van der Waals surface area contributed by atoms with Crippen molar-refractivity contribution in [2.75, 3.05) is 12.3 Å².